The van der Waals surface area contributed by atoms with Crippen LogP contribution in [0.25, 0.3) is 22.1 Å². The molecule has 112 valence electrons. The Labute approximate surface area is 124 Å². The van der Waals surface area contributed by atoms with Gasteiger partial charge in [0.2, 0.25) is 5.43 Å². The van der Waals surface area contributed by atoms with E-state index in [9.17, 15) is 9.90 Å². The lowest BCUT2D eigenvalue weighted by Gasteiger charge is -2.07. The summed E-state index contributed by atoms with van der Waals surface area (Å²) in [4.78, 5) is 16.8. The number of hydrogen-bond acceptors (Lipinski definition) is 6. The van der Waals surface area contributed by atoms with Crippen LogP contribution in [0, 0.1) is 0 Å². The van der Waals surface area contributed by atoms with Crippen molar-refractivity contribution in [2.45, 2.75) is 0 Å². The molecule has 0 fully saturated rings. The second kappa shape index (κ2) is 5.42. The minimum atomic E-state index is -0.282. The van der Waals surface area contributed by atoms with E-state index < -0.39 is 0 Å². The van der Waals surface area contributed by atoms with Crippen molar-refractivity contribution >= 4 is 11.0 Å². The van der Waals surface area contributed by atoms with E-state index in [1.165, 1.54) is 37.6 Å². The fraction of sp³-hybridized carbons (Fsp3) is 0.0625. The second-order valence-corrected chi connectivity index (χ2v) is 4.62. The molecule has 0 spiro atoms. The number of hydrogen-bond donors (Lipinski definition) is 2. The Bertz CT molecular complexity index is 880. The van der Waals surface area contributed by atoms with Gasteiger partial charge in [-0.1, -0.05) is 12.1 Å². The van der Waals surface area contributed by atoms with E-state index in [2.05, 4.69) is 4.89 Å². The smallest absolute Gasteiger partial charge is 0.204 e. The maximum Gasteiger partial charge on any atom is 0.204 e. The molecule has 6 heteroatoms. The molecular formula is C16H12O6. The lowest BCUT2D eigenvalue weighted by atomic mass is 10.0. The number of phenolic OH excluding ortho intramolecular Hbond substituents is 1. The van der Waals surface area contributed by atoms with Gasteiger partial charge in [-0.2, -0.15) is 0 Å². The molecular weight excluding hydrogens is 288 g/mol. The van der Waals surface area contributed by atoms with Gasteiger partial charge in [0, 0.05) is 12.1 Å². The van der Waals surface area contributed by atoms with Gasteiger partial charge in [0.05, 0.1) is 12.7 Å². The van der Waals surface area contributed by atoms with E-state index in [4.69, 9.17) is 14.4 Å². The zero-order chi connectivity index (χ0) is 15.7. The molecule has 0 aliphatic rings. The van der Waals surface area contributed by atoms with Crippen molar-refractivity contribution in [2.75, 3.05) is 7.11 Å². The molecule has 3 aromatic rings. The largest absolute Gasteiger partial charge is 0.508 e. The van der Waals surface area contributed by atoms with Gasteiger partial charge in [-0.15, -0.1) is 0 Å². The number of fused-ring (bicyclic) bond motifs is 1. The van der Waals surface area contributed by atoms with Crippen LogP contribution in [0.4, 0.5) is 0 Å². The highest BCUT2D eigenvalue weighted by Crippen LogP contribution is 2.30. The summed E-state index contributed by atoms with van der Waals surface area (Å²) in [6.45, 7) is 0. The molecule has 1 aromatic heterocycles. The highest BCUT2D eigenvalue weighted by Gasteiger charge is 2.14. The van der Waals surface area contributed by atoms with Gasteiger partial charge < -0.3 is 19.1 Å². The number of ether oxygens (including phenoxy) is 1. The summed E-state index contributed by atoms with van der Waals surface area (Å²) in [7, 11) is 1.41. The molecule has 0 amide bonds. The van der Waals surface area contributed by atoms with Crippen LogP contribution in [0.1, 0.15) is 0 Å². The van der Waals surface area contributed by atoms with Gasteiger partial charge in [-0.3, -0.25) is 4.79 Å². The van der Waals surface area contributed by atoms with Gasteiger partial charge in [0.1, 0.15) is 28.7 Å². The van der Waals surface area contributed by atoms with E-state index in [1.807, 2.05) is 0 Å². The third-order valence-corrected chi connectivity index (χ3v) is 3.32. The molecule has 0 atom stereocenters. The Morgan fingerprint density at radius 1 is 1.14 bits per heavy atom. The van der Waals surface area contributed by atoms with Crippen molar-refractivity contribution < 1.29 is 24.4 Å². The minimum Gasteiger partial charge on any atom is -0.508 e. The van der Waals surface area contributed by atoms with E-state index in [-0.39, 0.29) is 33.6 Å². The van der Waals surface area contributed by atoms with Gasteiger partial charge in [-0.05, 0) is 17.7 Å². The Morgan fingerprint density at radius 3 is 2.50 bits per heavy atom. The third kappa shape index (κ3) is 2.25. The van der Waals surface area contributed by atoms with Crippen molar-refractivity contribution in [3.63, 3.8) is 0 Å². The van der Waals surface area contributed by atoms with Crippen LogP contribution in [0.2, 0.25) is 0 Å². The Hall–Kier alpha value is -2.99. The SMILES string of the molecule is COc1cc(O)cc2occ(-c3ccc(OO)cc3)c(=O)c12. The monoisotopic (exact) mass is 300 g/mol. The summed E-state index contributed by atoms with van der Waals surface area (Å²) in [5.74, 6) is 0.446. The molecule has 0 aliphatic carbocycles. The van der Waals surface area contributed by atoms with Gasteiger partial charge in [0.25, 0.3) is 0 Å². The Kier molecular flexibility index (Phi) is 3.44. The van der Waals surface area contributed by atoms with Crippen LogP contribution in [-0.2, 0) is 0 Å². The summed E-state index contributed by atoms with van der Waals surface area (Å²) < 4.78 is 10.6. The summed E-state index contributed by atoms with van der Waals surface area (Å²) >= 11 is 0. The first-order valence-electron chi connectivity index (χ1n) is 6.38. The Balaban J connectivity index is 2.25. The van der Waals surface area contributed by atoms with E-state index in [0.717, 1.165) is 0 Å². The maximum atomic E-state index is 12.7. The van der Waals surface area contributed by atoms with Crippen LogP contribution in [-0.4, -0.2) is 17.5 Å². The first-order chi connectivity index (χ1) is 10.6. The second-order valence-electron chi connectivity index (χ2n) is 4.62. The average Bonchev–Trinajstić information content (AvgIpc) is 2.54. The van der Waals surface area contributed by atoms with Gasteiger partial charge >= 0.3 is 0 Å². The first-order valence-corrected chi connectivity index (χ1v) is 6.38. The summed E-state index contributed by atoms with van der Waals surface area (Å²) in [6, 6.07) is 8.99. The molecule has 0 unspecified atom stereocenters. The highest BCUT2D eigenvalue weighted by atomic mass is 17.1. The quantitative estimate of drug-likeness (QED) is 0.571. The molecule has 0 bridgehead atoms. The molecule has 3 rings (SSSR count). The molecule has 2 aromatic carbocycles. The van der Waals surface area contributed by atoms with Gasteiger partial charge in [-0.25, -0.2) is 5.26 Å². The van der Waals surface area contributed by atoms with Crippen molar-refractivity contribution in [2.24, 2.45) is 0 Å². The number of aromatic hydroxyl groups is 1. The minimum absolute atomic E-state index is 0.0512. The lowest BCUT2D eigenvalue weighted by molar-refractivity contribution is -0.137. The van der Waals surface area contributed by atoms with Crippen LogP contribution in [0.5, 0.6) is 17.2 Å². The molecule has 0 aliphatic heterocycles. The fourth-order valence-electron chi connectivity index (χ4n) is 2.26. The average molecular weight is 300 g/mol. The standard InChI is InChI=1S/C16H12O6/c1-20-13-6-10(17)7-14-15(13)16(18)12(8-21-14)9-2-4-11(22-19)5-3-9/h2-8,17,19H,1H3. The predicted molar refractivity (Wildman–Crippen MR) is 79.4 cm³/mol. The number of phenols is 1. The maximum absolute atomic E-state index is 12.7. The number of rotatable bonds is 3. The van der Waals surface area contributed by atoms with E-state index in [1.54, 1.807) is 12.1 Å². The van der Waals surface area contributed by atoms with Crippen molar-refractivity contribution in [3.8, 4) is 28.4 Å². The Morgan fingerprint density at radius 2 is 1.86 bits per heavy atom. The number of benzene rings is 2. The van der Waals surface area contributed by atoms with Crippen LogP contribution in [0.15, 0.2) is 51.9 Å². The molecule has 6 nitrogen and oxygen atoms in total. The van der Waals surface area contributed by atoms with Crippen molar-refractivity contribution in [3.05, 3.63) is 52.9 Å². The molecule has 1 heterocycles. The van der Waals surface area contributed by atoms with Crippen LogP contribution >= 0.6 is 0 Å². The third-order valence-electron chi connectivity index (χ3n) is 3.32. The van der Waals surface area contributed by atoms with Gasteiger partial charge in [0.15, 0.2) is 5.75 Å². The molecule has 0 saturated heterocycles. The molecule has 0 radical (unpaired) electrons. The topological polar surface area (TPSA) is 89.1 Å². The van der Waals surface area contributed by atoms with E-state index in [0.29, 0.717) is 11.1 Å². The molecule has 2 N–H and O–H groups in total. The molecule has 22 heavy (non-hydrogen) atoms. The molecule has 0 saturated carbocycles. The normalized spacial score (nSPS) is 10.6. The lowest BCUT2D eigenvalue weighted by Crippen LogP contribution is -2.06. The van der Waals surface area contributed by atoms with Crippen LogP contribution in [0.3, 0.4) is 0 Å². The van der Waals surface area contributed by atoms with Crippen molar-refractivity contribution in [1.29, 1.82) is 0 Å². The number of methoxy groups -OCH3 is 1. The summed E-state index contributed by atoms with van der Waals surface area (Å²) in [5.41, 5.74) is 0.893. The zero-order valence-corrected chi connectivity index (χ0v) is 11.6. The van der Waals surface area contributed by atoms with Crippen molar-refractivity contribution in [1.82, 2.24) is 0 Å². The van der Waals surface area contributed by atoms with Crippen LogP contribution < -0.4 is 15.1 Å². The first kappa shape index (κ1) is 14.0. The zero-order valence-electron chi connectivity index (χ0n) is 11.6. The predicted octanol–water partition coefficient (Wildman–Crippen LogP) is 3.03. The summed E-state index contributed by atoms with van der Waals surface area (Å²) in [6.07, 6.45) is 1.32. The highest BCUT2D eigenvalue weighted by molar-refractivity contribution is 5.88. The van der Waals surface area contributed by atoms with E-state index >= 15 is 0 Å². The summed E-state index contributed by atoms with van der Waals surface area (Å²) in [5, 5.41) is 18.4. The fourth-order valence-corrected chi connectivity index (χ4v) is 2.26.